The number of carbonyl (C=O) groups is 1. The number of hydrogen-bond donors (Lipinski definition) is 0. The van der Waals surface area contributed by atoms with Gasteiger partial charge in [-0.25, -0.2) is 4.98 Å². The summed E-state index contributed by atoms with van der Waals surface area (Å²) < 4.78 is 4.46. The van der Waals surface area contributed by atoms with Crippen LogP contribution in [0.15, 0.2) is 12.1 Å². The molecule has 5 heteroatoms. The number of hydrogen-bond acceptors (Lipinski definition) is 4. The molecular formula is C9H7ClN2O2. The van der Waals surface area contributed by atoms with Crippen molar-refractivity contribution in [2.45, 2.75) is 6.42 Å². The van der Waals surface area contributed by atoms with E-state index >= 15 is 0 Å². The third-order valence-corrected chi connectivity index (χ3v) is 1.87. The van der Waals surface area contributed by atoms with Gasteiger partial charge in [-0.15, -0.1) is 0 Å². The van der Waals surface area contributed by atoms with Crippen LogP contribution in [0.5, 0.6) is 0 Å². The average molecular weight is 211 g/mol. The number of nitrogens with zero attached hydrogens (tertiary/aromatic N) is 2. The molecule has 14 heavy (non-hydrogen) atoms. The molecular weight excluding hydrogens is 204 g/mol. The van der Waals surface area contributed by atoms with Gasteiger partial charge in [0.2, 0.25) is 0 Å². The fraction of sp³-hybridized carbons (Fsp3) is 0.222. The van der Waals surface area contributed by atoms with Crippen LogP contribution in [-0.2, 0) is 16.0 Å². The highest BCUT2D eigenvalue weighted by molar-refractivity contribution is 6.30. The minimum absolute atomic E-state index is 0.0575. The standard InChI is InChI=1S/C9H7ClN2O2/c1-14-8(13)4-7-3-2-6(5-11)9(10)12-7/h2-3H,4H2,1H3. The molecule has 0 fully saturated rings. The largest absolute Gasteiger partial charge is 0.469 e. The van der Waals surface area contributed by atoms with Gasteiger partial charge in [0, 0.05) is 0 Å². The van der Waals surface area contributed by atoms with Gasteiger partial charge >= 0.3 is 5.97 Å². The molecule has 0 N–H and O–H groups in total. The summed E-state index contributed by atoms with van der Waals surface area (Å²) in [5, 5.41) is 8.68. The molecule has 0 saturated carbocycles. The maximum Gasteiger partial charge on any atom is 0.311 e. The van der Waals surface area contributed by atoms with Crippen molar-refractivity contribution in [3.8, 4) is 6.07 Å². The lowest BCUT2D eigenvalue weighted by atomic mass is 10.2. The van der Waals surface area contributed by atoms with Crippen molar-refractivity contribution in [3.05, 3.63) is 28.5 Å². The molecule has 0 aliphatic rings. The van der Waals surface area contributed by atoms with Crippen molar-refractivity contribution < 1.29 is 9.53 Å². The van der Waals surface area contributed by atoms with E-state index in [9.17, 15) is 4.79 Å². The number of carbonyl (C=O) groups excluding carboxylic acids is 1. The van der Waals surface area contributed by atoms with Crippen molar-refractivity contribution in [1.82, 2.24) is 4.98 Å². The van der Waals surface area contributed by atoms with E-state index in [0.29, 0.717) is 11.3 Å². The third kappa shape index (κ3) is 2.44. The Balaban J connectivity index is 2.88. The Morgan fingerprint density at radius 1 is 1.71 bits per heavy atom. The monoisotopic (exact) mass is 210 g/mol. The van der Waals surface area contributed by atoms with E-state index in [-0.39, 0.29) is 11.6 Å². The zero-order valence-corrected chi connectivity index (χ0v) is 8.21. The van der Waals surface area contributed by atoms with E-state index in [0.717, 1.165) is 0 Å². The van der Waals surface area contributed by atoms with Gasteiger partial charge in [-0.1, -0.05) is 11.6 Å². The second-order valence-corrected chi connectivity index (χ2v) is 2.86. The van der Waals surface area contributed by atoms with Crippen molar-refractivity contribution in [2.24, 2.45) is 0 Å². The first kappa shape index (κ1) is 10.5. The fourth-order valence-corrected chi connectivity index (χ4v) is 1.09. The van der Waals surface area contributed by atoms with Gasteiger partial charge in [0.1, 0.15) is 11.2 Å². The maximum absolute atomic E-state index is 10.9. The minimum atomic E-state index is -0.390. The first-order chi connectivity index (χ1) is 6.67. The van der Waals surface area contributed by atoms with Crippen LogP contribution in [0.2, 0.25) is 5.15 Å². The number of esters is 1. The molecule has 0 radical (unpaired) electrons. The molecule has 0 amide bonds. The summed E-state index contributed by atoms with van der Waals surface area (Å²) in [6.45, 7) is 0. The lowest BCUT2D eigenvalue weighted by Gasteiger charge is -2.00. The Kier molecular flexibility index (Phi) is 3.43. The van der Waals surface area contributed by atoms with Crippen LogP contribution in [0.4, 0.5) is 0 Å². The smallest absolute Gasteiger partial charge is 0.311 e. The fourth-order valence-electron chi connectivity index (χ4n) is 0.874. The van der Waals surface area contributed by atoms with Crippen LogP contribution in [0.25, 0.3) is 0 Å². The Bertz CT molecular complexity index is 398. The van der Waals surface area contributed by atoms with Crippen molar-refractivity contribution in [2.75, 3.05) is 7.11 Å². The normalized spacial score (nSPS) is 9.21. The summed E-state index contributed by atoms with van der Waals surface area (Å²) in [6, 6.07) is 4.97. The second-order valence-electron chi connectivity index (χ2n) is 2.51. The molecule has 0 spiro atoms. The SMILES string of the molecule is COC(=O)Cc1ccc(C#N)c(Cl)n1. The van der Waals surface area contributed by atoms with Crippen LogP contribution in [0.1, 0.15) is 11.3 Å². The first-order valence-corrected chi connectivity index (χ1v) is 4.17. The van der Waals surface area contributed by atoms with Gasteiger partial charge < -0.3 is 4.74 Å². The van der Waals surface area contributed by atoms with Gasteiger partial charge in [0.25, 0.3) is 0 Å². The third-order valence-electron chi connectivity index (χ3n) is 1.58. The number of pyridine rings is 1. The number of halogens is 1. The molecule has 0 bridgehead atoms. The highest BCUT2D eigenvalue weighted by Gasteiger charge is 2.07. The number of ether oxygens (including phenoxy) is 1. The molecule has 72 valence electrons. The van der Waals surface area contributed by atoms with Crippen LogP contribution in [0.3, 0.4) is 0 Å². The molecule has 0 aliphatic heterocycles. The number of methoxy groups -OCH3 is 1. The van der Waals surface area contributed by atoms with E-state index in [1.807, 2.05) is 6.07 Å². The molecule has 0 aliphatic carbocycles. The second kappa shape index (κ2) is 4.58. The number of nitriles is 1. The van der Waals surface area contributed by atoms with Crippen molar-refractivity contribution >= 4 is 17.6 Å². The van der Waals surface area contributed by atoms with Gasteiger partial charge in [0.15, 0.2) is 0 Å². The molecule has 4 nitrogen and oxygen atoms in total. The molecule has 0 saturated heterocycles. The molecule has 0 atom stereocenters. The lowest BCUT2D eigenvalue weighted by Crippen LogP contribution is -2.06. The summed E-state index contributed by atoms with van der Waals surface area (Å²) in [6.07, 6.45) is 0.0575. The Morgan fingerprint density at radius 2 is 2.43 bits per heavy atom. The predicted molar refractivity (Wildman–Crippen MR) is 49.7 cm³/mol. The molecule has 1 aromatic rings. The maximum atomic E-state index is 10.9. The van der Waals surface area contributed by atoms with Gasteiger partial charge in [0.05, 0.1) is 24.8 Å². The molecule has 0 aromatic carbocycles. The quantitative estimate of drug-likeness (QED) is 0.546. The van der Waals surface area contributed by atoms with Crippen LogP contribution >= 0.6 is 11.6 Å². The van der Waals surface area contributed by atoms with Gasteiger partial charge in [-0.05, 0) is 12.1 Å². The lowest BCUT2D eigenvalue weighted by molar-refractivity contribution is -0.139. The number of aromatic nitrogens is 1. The zero-order valence-electron chi connectivity index (χ0n) is 7.45. The van der Waals surface area contributed by atoms with Crippen molar-refractivity contribution in [3.63, 3.8) is 0 Å². The van der Waals surface area contributed by atoms with E-state index in [2.05, 4.69) is 9.72 Å². The predicted octanol–water partition coefficient (Wildman–Crippen LogP) is 1.32. The van der Waals surface area contributed by atoms with Gasteiger partial charge in [-0.3, -0.25) is 4.79 Å². The van der Waals surface area contributed by atoms with Crippen molar-refractivity contribution in [1.29, 1.82) is 5.26 Å². The Hall–Kier alpha value is -1.60. The summed E-state index contributed by atoms with van der Waals surface area (Å²) in [5.74, 6) is -0.390. The number of rotatable bonds is 2. The van der Waals surface area contributed by atoms with E-state index in [1.165, 1.54) is 13.2 Å². The summed E-state index contributed by atoms with van der Waals surface area (Å²) in [4.78, 5) is 14.8. The highest BCUT2D eigenvalue weighted by atomic mass is 35.5. The zero-order chi connectivity index (χ0) is 10.6. The van der Waals surface area contributed by atoms with Gasteiger partial charge in [-0.2, -0.15) is 5.26 Å². The Morgan fingerprint density at radius 3 is 2.93 bits per heavy atom. The summed E-state index contributed by atoms with van der Waals surface area (Å²) >= 11 is 5.67. The average Bonchev–Trinajstić information content (AvgIpc) is 2.18. The van der Waals surface area contributed by atoms with E-state index in [1.54, 1.807) is 6.07 Å². The van der Waals surface area contributed by atoms with E-state index in [4.69, 9.17) is 16.9 Å². The highest BCUT2D eigenvalue weighted by Crippen LogP contribution is 2.12. The topological polar surface area (TPSA) is 63.0 Å². The molecule has 1 heterocycles. The molecule has 0 unspecified atom stereocenters. The van der Waals surface area contributed by atoms with Crippen LogP contribution in [0, 0.1) is 11.3 Å². The molecule has 1 aromatic heterocycles. The van der Waals surface area contributed by atoms with Crippen LogP contribution < -0.4 is 0 Å². The Labute approximate surface area is 86.1 Å². The summed E-state index contributed by atoms with van der Waals surface area (Å²) in [7, 11) is 1.30. The minimum Gasteiger partial charge on any atom is -0.469 e. The first-order valence-electron chi connectivity index (χ1n) is 3.79. The summed E-state index contributed by atoms with van der Waals surface area (Å²) in [5.41, 5.74) is 0.779. The van der Waals surface area contributed by atoms with Crippen LogP contribution in [-0.4, -0.2) is 18.1 Å². The van der Waals surface area contributed by atoms with E-state index < -0.39 is 5.97 Å². The molecule has 1 rings (SSSR count).